The first-order valence-corrected chi connectivity index (χ1v) is 8.04. The van der Waals surface area contributed by atoms with Gasteiger partial charge in [-0.3, -0.25) is 9.59 Å². The van der Waals surface area contributed by atoms with Crippen LogP contribution in [0.2, 0.25) is 0 Å². The fourth-order valence-corrected chi connectivity index (χ4v) is 2.45. The number of hydrogen-bond acceptors (Lipinski definition) is 5. The second-order valence-corrected chi connectivity index (χ2v) is 5.70. The number of benzene rings is 2. The number of thioether (sulfide) groups is 1. The zero-order valence-electron chi connectivity index (χ0n) is 13.0. The van der Waals surface area contributed by atoms with Gasteiger partial charge in [-0.15, -0.1) is 11.8 Å². The molecule has 0 atom stereocenters. The molecular weight excluding hydrogens is 333 g/mol. The molecular formula is C17H16FNO4S. The van der Waals surface area contributed by atoms with E-state index in [2.05, 4.69) is 5.32 Å². The highest BCUT2D eigenvalue weighted by Gasteiger charge is 2.10. The van der Waals surface area contributed by atoms with Crippen molar-refractivity contribution in [2.75, 3.05) is 24.8 Å². The number of carbonyl (C=O) groups excluding carboxylic acids is 2. The molecule has 2 aromatic rings. The number of methoxy groups -OCH3 is 1. The van der Waals surface area contributed by atoms with Gasteiger partial charge in [-0.05, 0) is 36.4 Å². The van der Waals surface area contributed by atoms with Gasteiger partial charge in [0.25, 0.3) is 5.91 Å². The molecule has 0 fully saturated rings. The van der Waals surface area contributed by atoms with Crippen LogP contribution in [-0.4, -0.2) is 31.3 Å². The second-order valence-electron chi connectivity index (χ2n) is 4.65. The summed E-state index contributed by atoms with van der Waals surface area (Å²) in [6.07, 6.45) is 0. The molecule has 0 saturated carbocycles. The van der Waals surface area contributed by atoms with Crippen LogP contribution in [0, 0.1) is 5.82 Å². The van der Waals surface area contributed by atoms with Gasteiger partial charge in [-0.2, -0.15) is 0 Å². The molecule has 7 heteroatoms. The normalized spacial score (nSPS) is 10.1. The number of anilines is 1. The van der Waals surface area contributed by atoms with Gasteiger partial charge in [0.1, 0.15) is 11.6 Å². The fourth-order valence-electron chi connectivity index (χ4n) is 1.75. The van der Waals surface area contributed by atoms with Crippen molar-refractivity contribution in [2.45, 2.75) is 4.90 Å². The highest BCUT2D eigenvalue weighted by Crippen LogP contribution is 2.21. The summed E-state index contributed by atoms with van der Waals surface area (Å²) in [4.78, 5) is 24.2. The van der Waals surface area contributed by atoms with E-state index in [0.717, 1.165) is 10.6 Å². The molecule has 0 aliphatic carbocycles. The Balaban J connectivity index is 1.72. The zero-order chi connectivity index (χ0) is 17.4. The maximum Gasteiger partial charge on any atom is 0.316 e. The molecule has 2 rings (SSSR count). The summed E-state index contributed by atoms with van der Waals surface area (Å²) in [6, 6.07) is 13.0. The smallest absolute Gasteiger partial charge is 0.316 e. The highest BCUT2D eigenvalue weighted by molar-refractivity contribution is 8.00. The molecule has 0 aliphatic rings. The van der Waals surface area contributed by atoms with Crippen LogP contribution in [-0.2, 0) is 14.3 Å². The van der Waals surface area contributed by atoms with Crippen LogP contribution >= 0.6 is 11.8 Å². The number of nitrogens with one attached hydrogen (secondary N) is 1. The molecule has 126 valence electrons. The number of rotatable bonds is 7. The van der Waals surface area contributed by atoms with Gasteiger partial charge in [-0.25, -0.2) is 4.39 Å². The van der Waals surface area contributed by atoms with E-state index in [4.69, 9.17) is 9.47 Å². The number of ether oxygens (including phenoxy) is 2. The van der Waals surface area contributed by atoms with Crippen LogP contribution in [0.5, 0.6) is 5.75 Å². The van der Waals surface area contributed by atoms with E-state index in [9.17, 15) is 14.0 Å². The molecule has 2 aromatic carbocycles. The largest absolute Gasteiger partial charge is 0.497 e. The van der Waals surface area contributed by atoms with Gasteiger partial charge < -0.3 is 14.8 Å². The van der Waals surface area contributed by atoms with E-state index < -0.39 is 24.3 Å². The Kier molecular flexibility index (Phi) is 6.62. The van der Waals surface area contributed by atoms with Crippen molar-refractivity contribution in [1.29, 1.82) is 0 Å². The van der Waals surface area contributed by atoms with E-state index in [0.29, 0.717) is 0 Å². The first-order valence-electron chi connectivity index (χ1n) is 7.05. The second kappa shape index (κ2) is 8.93. The minimum absolute atomic E-state index is 0.0474. The third-order valence-electron chi connectivity index (χ3n) is 2.93. The number of hydrogen-bond donors (Lipinski definition) is 1. The minimum Gasteiger partial charge on any atom is -0.497 e. The van der Waals surface area contributed by atoms with Gasteiger partial charge in [0, 0.05) is 4.90 Å². The summed E-state index contributed by atoms with van der Waals surface area (Å²) >= 11 is 1.28. The fraction of sp³-hybridized carbons (Fsp3) is 0.176. The van der Waals surface area contributed by atoms with Gasteiger partial charge >= 0.3 is 5.97 Å². The standard InChI is InChI=1S/C17H16FNO4S/c1-22-12-6-8-13(9-7-12)24-11-17(21)23-10-16(20)19-15-5-3-2-4-14(15)18/h2-9H,10-11H2,1H3,(H,19,20). The van der Waals surface area contributed by atoms with Crippen molar-refractivity contribution < 1.29 is 23.5 Å². The van der Waals surface area contributed by atoms with Gasteiger partial charge in [0.2, 0.25) is 0 Å². The number of esters is 1. The lowest BCUT2D eigenvalue weighted by atomic mass is 10.3. The Bertz CT molecular complexity index is 706. The van der Waals surface area contributed by atoms with Crippen molar-refractivity contribution in [2.24, 2.45) is 0 Å². The van der Waals surface area contributed by atoms with Gasteiger partial charge in [-0.1, -0.05) is 12.1 Å². The molecule has 5 nitrogen and oxygen atoms in total. The van der Waals surface area contributed by atoms with E-state index in [1.807, 2.05) is 12.1 Å². The van der Waals surface area contributed by atoms with E-state index in [1.54, 1.807) is 25.3 Å². The highest BCUT2D eigenvalue weighted by atomic mass is 32.2. The number of amides is 1. The third kappa shape index (κ3) is 5.58. The molecule has 0 aliphatic heterocycles. The lowest BCUT2D eigenvalue weighted by Crippen LogP contribution is -2.22. The quantitative estimate of drug-likeness (QED) is 0.615. The first kappa shape index (κ1) is 17.8. The summed E-state index contributed by atoms with van der Waals surface area (Å²) in [5.74, 6) is -0.874. The summed E-state index contributed by atoms with van der Waals surface area (Å²) in [5.41, 5.74) is 0.0474. The van der Waals surface area contributed by atoms with Gasteiger partial charge in [0.05, 0.1) is 18.6 Å². The minimum atomic E-state index is -0.595. The Morgan fingerprint density at radius 1 is 1.12 bits per heavy atom. The van der Waals surface area contributed by atoms with Crippen LogP contribution in [0.4, 0.5) is 10.1 Å². The Hall–Kier alpha value is -2.54. The zero-order valence-corrected chi connectivity index (χ0v) is 13.8. The van der Waals surface area contributed by atoms with Crippen molar-refractivity contribution in [3.8, 4) is 5.75 Å². The predicted octanol–water partition coefficient (Wildman–Crippen LogP) is 3.11. The average Bonchev–Trinajstić information content (AvgIpc) is 2.60. The molecule has 0 aromatic heterocycles. The predicted molar refractivity (Wildman–Crippen MR) is 89.7 cm³/mol. The number of carbonyl (C=O) groups is 2. The van der Waals surface area contributed by atoms with Crippen LogP contribution in [0.15, 0.2) is 53.4 Å². The van der Waals surface area contributed by atoms with Gasteiger partial charge in [0.15, 0.2) is 6.61 Å². The number of halogens is 1. The lowest BCUT2D eigenvalue weighted by Gasteiger charge is -2.07. The molecule has 24 heavy (non-hydrogen) atoms. The van der Waals surface area contributed by atoms with Crippen LogP contribution < -0.4 is 10.1 Å². The maximum absolute atomic E-state index is 13.4. The van der Waals surface area contributed by atoms with Crippen molar-refractivity contribution in [3.63, 3.8) is 0 Å². The molecule has 0 spiro atoms. The Morgan fingerprint density at radius 2 is 1.83 bits per heavy atom. The molecule has 0 saturated heterocycles. The first-order chi connectivity index (χ1) is 11.6. The molecule has 1 amide bonds. The maximum atomic E-state index is 13.4. The van der Waals surface area contributed by atoms with Crippen molar-refractivity contribution in [1.82, 2.24) is 0 Å². The van der Waals surface area contributed by atoms with Crippen LogP contribution in [0.25, 0.3) is 0 Å². The average molecular weight is 349 g/mol. The summed E-state index contributed by atoms with van der Waals surface area (Å²) in [7, 11) is 1.58. The lowest BCUT2D eigenvalue weighted by molar-refractivity contribution is -0.144. The molecule has 0 bridgehead atoms. The molecule has 0 unspecified atom stereocenters. The van der Waals surface area contributed by atoms with Crippen LogP contribution in [0.3, 0.4) is 0 Å². The van der Waals surface area contributed by atoms with E-state index in [-0.39, 0.29) is 11.4 Å². The van der Waals surface area contributed by atoms with Crippen molar-refractivity contribution >= 4 is 29.3 Å². The molecule has 1 N–H and O–H groups in total. The van der Waals surface area contributed by atoms with E-state index in [1.165, 1.54) is 30.0 Å². The Morgan fingerprint density at radius 3 is 2.50 bits per heavy atom. The topological polar surface area (TPSA) is 64.6 Å². The summed E-state index contributed by atoms with van der Waals surface area (Å²) in [6.45, 7) is -0.462. The Labute approximate surface area is 143 Å². The molecule has 0 radical (unpaired) electrons. The molecule has 0 heterocycles. The van der Waals surface area contributed by atoms with Crippen LogP contribution in [0.1, 0.15) is 0 Å². The number of para-hydroxylation sites is 1. The SMILES string of the molecule is COc1ccc(SCC(=O)OCC(=O)Nc2ccccc2F)cc1. The van der Waals surface area contributed by atoms with Crippen molar-refractivity contribution in [3.05, 3.63) is 54.3 Å². The van der Waals surface area contributed by atoms with E-state index >= 15 is 0 Å². The third-order valence-corrected chi connectivity index (χ3v) is 3.91. The summed E-state index contributed by atoms with van der Waals surface area (Å²) < 4.78 is 23.3. The summed E-state index contributed by atoms with van der Waals surface area (Å²) in [5, 5.41) is 2.34. The monoisotopic (exact) mass is 349 g/mol.